The summed E-state index contributed by atoms with van der Waals surface area (Å²) in [5.74, 6) is 0.557. The van der Waals surface area contributed by atoms with Crippen LogP contribution in [0.25, 0.3) is 11.3 Å². The quantitative estimate of drug-likeness (QED) is 0.503. The van der Waals surface area contributed by atoms with Crippen LogP contribution < -0.4 is 10.2 Å². The number of hydrogen-bond acceptors (Lipinski definition) is 4. The minimum Gasteiger partial charge on any atom is -0.496 e. The molecule has 2 aromatic rings. The molecule has 0 saturated carbocycles. The molecule has 1 aliphatic rings. The van der Waals surface area contributed by atoms with E-state index in [0.717, 1.165) is 27.0 Å². The molecule has 0 saturated heterocycles. The Morgan fingerprint density at radius 2 is 2.08 bits per heavy atom. The number of hydrogen-bond donors (Lipinski definition) is 0. The van der Waals surface area contributed by atoms with Crippen molar-refractivity contribution in [3.8, 4) is 17.0 Å². The Kier molecular flexibility index (Phi) is 5.41. The van der Waals surface area contributed by atoms with Crippen LogP contribution in [0, 0.1) is 9.49 Å². The number of aromatic nitrogens is 1. The monoisotopic (exact) mass is 467 g/mol. The number of halogens is 1. The molecule has 6 heteroatoms. The third kappa shape index (κ3) is 3.26. The predicted octanol–water partition coefficient (Wildman–Crippen LogP) is 4.06. The van der Waals surface area contributed by atoms with Crippen LogP contribution >= 0.6 is 22.6 Å². The zero-order valence-electron chi connectivity index (χ0n) is 15.3. The highest BCUT2D eigenvalue weighted by molar-refractivity contribution is 14.1. The number of fused-ring (bicyclic) bond motifs is 3. The largest absolute Gasteiger partial charge is 0.496 e. The van der Waals surface area contributed by atoms with Gasteiger partial charge in [-0.25, -0.2) is 4.79 Å². The van der Waals surface area contributed by atoms with E-state index in [2.05, 4.69) is 42.5 Å². The summed E-state index contributed by atoms with van der Waals surface area (Å²) in [6.07, 6.45) is 2.50. The van der Waals surface area contributed by atoms with Crippen LogP contribution in [0.5, 0.6) is 5.75 Å². The standard InChI is InChI=1S/C20H22INO4/c1-5-26-20(24)14-10-22-16(11(2)3)7-12-6-15(21)19(25-4)8-13(12)17(22)9-18(14)23/h6,8-11,16H,5,7H2,1-4H3. The summed E-state index contributed by atoms with van der Waals surface area (Å²) in [7, 11) is 1.64. The first kappa shape index (κ1) is 18.9. The van der Waals surface area contributed by atoms with Gasteiger partial charge in [0.25, 0.3) is 0 Å². The number of pyridine rings is 1. The van der Waals surface area contributed by atoms with Gasteiger partial charge in [0.15, 0.2) is 5.43 Å². The summed E-state index contributed by atoms with van der Waals surface area (Å²) in [6.45, 7) is 6.27. The van der Waals surface area contributed by atoms with E-state index in [4.69, 9.17) is 9.47 Å². The van der Waals surface area contributed by atoms with Gasteiger partial charge in [0, 0.05) is 23.9 Å². The van der Waals surface area contributed by atoms with Crippen molar-refractivity contribution < 1.29 is 14.3 Å². The maximum Gasteiger partial charge on any atom is 0.343 e. The van der Waals surface area contributed by atoms with E-state index in [0.29, 0.717) is 5.92 Å². The number of benzene rings is 1. The Labute approximate surface area is 166 Å². The summed E-state index contributed by atoms with van der Waals surface area (Å²) in [4.78, 5) is 24.7. The Bertz CT molecular complexity index is 917. The van der Waals surface area contributed by atoms with Gasteiger partial charge in [0.2, 0.25) is 0 Å². The molecule has 1 atom stereocenters. The van der Waals surface area contributed by atoms with E-state index in [-0.39, 0.29) is 23.6 Å². The third-order valence-electron chi connectivity index (χ3n) is 4.78. The highest BCUT2D eigenvalue weighted by Crippen LogP contribution is 2.40. The first-order valence-electron chi connectivity index (χ1n) is 8.67. The van der Waals surface area contributed by atoms with E-state index in [9.17, 15) is 9.59 Å². The van der Waals surface area contributed by atoms with Gasteiger partial charge in [0.05, 0.1) is 23.0 Å². The Morgan fingerprint density at radius 3 is 2.69 bits per heavy atom. The highest BCUT2D eigenvalue weighted by atomic mass is 127. The van der Waals surface area contributed by atoms with E-state index in [1.54, 1.807) is 26.3 Å². The molecule has 1 aromatic carbocycles. The van der Waals surface area contributed by atoms with Crippen molar-refractivity contribution in [3.63, 3.8) is 0 Å². The molecular formula is C20H22INO4. The molecule has 0 bridgehead atoms. The highest BCUT2D eigenvalue weighted by Gasteiger charge is 2.29. The van der Waals surface area contributed by atoms with Gasteiger partial charge in [-0.1, -0.05) is 13.8 Å². The molecule has 2 heterocycles. The normalized spacial score (nSPS) is 15.4. The summed E-state index contributed by atoms with van der Waals surface area (Å²) < 4.78 is 13.6. The lowest BCUT2D eigenvalue weighted by Gasteiger charge is -2.33. The van der Waals surface area contributed by atoms with E-state index in [1.165, 1.54) is 5.56 Å². The van der Waals surface area contributed by atoms with Crippen molar-refractivity contribution in [2.24, 2.45) is 5.92 Å². The van der Waals surface area contributed by atoms with Gasteiger partial charge in [-0.15, -0.1) is 0 Å². The van der Waals surface area contributed by atoms with Gasteiger partial charge < -0.3 is 14.0 Å². The fourth-order valence-corrected chi connectivity index (χ4v) is 4.19. The summed E-state index contributed by atoms with van der Waals surface area (Å²) >= 11 is 2.27. The second-order valence-electron chi connectivity index (χ2n) is 6.72. The molecule has 5 nitrogen and oxygen atoms in total. The minimum atomic E-state index is -0.568. The Balaban J connectivity index is 2.25. The van der Waals surface area contributed by atoms with Crippen molar-refractivity contribution in [1.29, 1.82) is 0 Å². The molecule has 0 radical (unpaired) electrons. The lowest BCUT2D eigenvalue weighted by Crippen LogP contribution is -2.28. The van der Waals surface area contributed by atoms with Crippen molar-refractivity contribution in [3.05, 3.63) is 49.3 Å². The lowest BCUT2D eigenvalue weighted by molar-refractivity contribution is 0.0523. The van der Waals surface area contributed by atoms with Crippen LogP contribution in [-0.2, 0) is 11.2 Å². The molecule has 1 aromatic heterocycles. The van der Waals surface area contributed by atoms with Crippen molar-refractivity contribution >= 4 is 28.6 Å². The average molecular weight is 467 g/mol. The Morgan fingerprint density at radius 1 is 1.35 bits per heavy atom. The molecule has 0 N–H and O–H groups in total. The maximum absolute atomic E-state index is 12.6. The van der Waals surface area contributed by atoms with E-state index < -0.39 is 5.97 Å². The molecule has 1 aliphatic heterocycles. The van der Waals surface area contributed by atoms with Crippen LogP contribution in [0.15, 0.2) is 29.2 Å². The Hall–Kier alpha value is -1.83. The van der Waals surface area contributed by atoms with Crippen molar-refractivity contribution in [2.75, 3.05) is 13.7 Å². The van der Waals surface area contributed by atoms with E-state index in [1.807, 2.05) is 10.6 Å². The number of carbonyl (C=O) groups excluding carboxylic acids is 1. The SMILES string of the molecule is CCOC(=O)c1cn2c(cc1=O)-c1cc(OC)c(I)cc1CC2C(C)C. The second kappa shape index (κ2) is 7.42. The summed E-state index contributed by atoms with van der Waals surface area (Å²) in [5.41, 5.74) is 2.76. The first-order valence-corrected chi connectivity index (χ1v) is 9.75. The molecule has 26 heavy (non-hydrogen) atoms. The van der Waals surface area contributed by atoms with Gasteiger partial charge >= 0.3 is 5.97 Å². The molecule has 0 amide bonds. The molecule has 3 rings (SSSR count). The topological polar surface area (TPSA) is 57.5 Å². The minimum absolute atomic E-state index is 0.0853. The second-order valence-corrected chi connectivity index (χ2v) is 7.89. The number of rotatable bonds is 4. The van der Waals surface area contributed by atoms with Crippen LogP contribution in [0.1, 0.15) is 42.7 Å². The fourth-order valence-electron chi connectivity index (χ4n) is 3.44. The lowest BCUT2D eigenvalue weighted by atomic mass is 9.87. The number of esters is 1. The van der Waals surface area contributed by atoms with Crippen molar-refractivity contribution in [1.82, 2.24) is 4.57 Å². The van der Waals surface area contributed by atoms with Crippen LogP contribution in [-0.4, -0.2) is 24.3 Å². The predicted molar refractivity (Wildman–Crippen MR) is 109 cm³/mol. The molecule has 1 unspecified atom stereocenters. The summed E-state index contributed by atoms with van der Waals surface area (Å²) in [6, 6.07) is 5.81. The van der Waals surface area contributed by atoms with Crippen LogP contribution in [0.3, 0.4) is 0 Å². The smallest absolute Gasteiger partial charge is 0.343 e. The average Bonchev–Trinajstić information content (AvgIpc) is 2.59. The van der Waals surface area contributed by atoms with Gasteiger partial charge in [-0.3, -0.25) is 4.79 Å². The molecule has 138 valence electrons. The fraction of sp³-hybridized carbons (Fsp3) is 0.400. The third-order valence-corrected chi connectivity index (χ3v) is 5.63. The number of ether oxygens (including phenoxy) is 2. The zero-order chi connectivity index (χ0) is 19.0. The van der Waals surface area contributed by atoms with Gasteiger partial charge in [-0.2, -0.15) is 0 Å². The first-order chi connectivity index (χ1) is 12.4. The van der Waals surface area contributed by atoms with Gasteiger partial charge in [0.1, 0.15) is 11.3 Å². The zero-order valence-corrected chi connectivity index (χ0v) is 17.5. The number of nitrogens with zero attached hydrogens (tertiary/aromatic N) is 1. The molecular weight excluding hydrogens is 445 g/mol. The summed E-state index contributed by atoms with van der Waals surface area (Å²) in [5, 5.41) is 0. The van der Waals surface area contributed by atoms with Gasteiger partial charge in [-0.05, 0) is 59.5 Å². The van der Waals surface area contributed by atoms with Crippen molar-refractivity contribution in [2.45, 2.75) is 33.2 Å². The molecule has 0 spiro atoms. The van der Waals surface area contributed by atoms with E-state index >= 15 is 0 Å². The van der Waals surface area contributed by atoms with Crippen LogP contribution in [0.2, 0.25) is 0 Å². The number of carbonyl (C=O) groups is 1. The molecule has 0 fully saturated rings. The number of methoxy groups -OCH3 is 1. The molecule has 0 aliphatic carbocycles. The maximum atomic E-state index is 12.6. The van der Waals surface area contributed by atoms with Crippen LogP contribution in [0.4, 0.5) is 0 Å².